The number of pyridine rings is 1. The highest BCUT2D eigenvalue weighted by Crippen LogP contribution is 2.47. The number of amides is 2. The standard InChI is InChI=1S/C29H34ClN5O2/c1-29(11-12-29)28(37)34-13-9-22(10-14-34)27(36)35-18-23(25(19-35)21-4-6-24(30)7-5-21)17-33(2)26-8-3-20(15-31)16-32-26/h3-8,16,22-23,25H,9-14,17-19H2,1-2H3/t23-,25+/m1/s1. The van der Waals surface area contributed by atoms with E-state index in [0.717, 1.165) is 38.0 Å². The van der Waals surface area contributed by atoms with E-state index in [4.69, 9.17) is 16.9 Å². The minimum Gasteiger partial charge on any atom is -0.359 e. The maximum atomic E-state index is 13.6. The second kappa shape index (κ2) is 10.3. The lowest BCUT2D eigenvalue weighted by atomic mass is 9.88. The number of halogens is 1. The molecule has 0 unspecified atom stereocenters. The molecule has 7 nitrogen and oxygen atoms in total. The van der Waals surface area contributed by atoms with Crippen LogP contribution in [-0.2, 0) is 9.59 Å². The van der Waals surface area contributed by atoms with Gasteiger partial charge in [-0.1, -0.05) is 30.7 Å². The van der Waals surface area contributed by atoms with Crippen molar-refractivity contribution in [3.05, 3.63) is 58.7 Å². The lowest BCUT2D eigenvalue weighted by Gasteiger charge is -2.34. The first-order chi connectivity index (χ1) is 17.8. The first-order valence-corrected chi connectivity index (χ1v) is 13.6. The zero-order valence-electron chi connectivity index (χ0n) is 21.6. The summed E-state index contributed by atoms with van der Waals surface area (Å²) in [5.74, 6) is 1.67. The molecule has 2 aliphatic heterocycles. The van der Waals surface area contributed by atoms with Crippen LogP contribution >= 0.6 is 11.6 Å². The predicted molar refractivity (Wildman–Crippen MR) is 143 cm³/mol. The molecule has 37 heavy (non-hydrogen) atoms. The summed E-state index contributed by atoms with van der Waals surface area (Å²) in [5, 5.41) is 9.78. The normalized spacial score (nSPS) is 23.0. The monoisotopic (exact) mass is 519 g/mol. The molecule has 0 N–H and O–H groups in total. The molecule has 194 valence electrons. The van der Waals surface area contributed by atoms with Crippen LogP contribution in [0.4, 0.5) is 5.82 Å². The number of likely N-dealkylation sites (tertiary alicyclic amines) is 2. The fraction of sp³-hybridized carbons (Fsp3) is 0.517. The summed E-state index contributed by atoms with van der Waals surface area (Å²) in [6.45, 7) is 5.51. The molecule has 2 amide bonds. The van der Waals surface area contributed by atoms with Crippen molar-refractivity contribution in [3.8, 4) is 6.07 Å². The third-order valence-electron chi connectivity index (χ3n) is 8.48. The Labute approximate surface area is 224 Å². The molecular weight excluding hydrogens is 486 g/mol. The van der Waals surface area contributed by atoms with Crippen LogP contribution in [0.5, 0.6) is 0 Å². The van der Waals surface area contributed by atoms with Gasteiger partial charge in [0.15, 0.2) is 0 Å². The molecule has 5 rings (SSSR count). The van der Waals surface area contributed by atoms with Gasteiger partial charge in [-0.3, -0.25) is 9.59 Å². The summed E-state index contributed by atoms with van der Waals surface area (Å²) in [7, 11) is 2.00. The number of hydrogen-bond donors (Lipinski definition) is 0. The topological polar surface area (TPSA) is 80.5 Å². The van der Waals surface area contributed by atoms with Gasteiger partial charge in [0.25, 0.3) is 0 Å². The highest BCUT2D eigenvalue weighted by molar-refractivity contribution is 6.30. The zero-order valence-corrected chi connectivity index (χ0v) is 22.3. The van der Waals surface area contributed by atoms with Crippen molar-refractivity contribution in [1.82, 2.24) is 14.8 Å². The Balaban J connectivity index is 1.27. The number of nitriles is 1. The van der Waals surface area contributed by atoms with Gasteiger partial charge in [-0.2, -0.15) is 5.26 Å². The molecule has 2 saturated heterocycles. The van der Waals surface area contributed by atoms with E-state index in [0.29, 0.717) is 36.8 Å². The van der Waals surface area contributed by atoms with Gasteiger partial charge in [0.2, 0.25) is 11.8 Å². The van der Waals surface area contributed by atoms with E-state index in [1.165, 1.54) is 5.56 Å². The van der Waals surface area contributed by atoms with Crippen LogP contribution < -0.4 is 4.90 Å². The smallest absolute Gasteiger partial charge is 0.228 e. The molecule has 1 aromatic carbocycles. The second-order valence-corrected chi connectivity index (χ2v) is 11.6. The number of anilines is 1. The van der Waals surface area contributed by atoms with Crippen LogP contribution in [0, 0.1) is 28.6 Å². The number of carbonyl (C=O) groups excluding carboxylic acids is 2. The van der Waals surface area contributed by atoms with Crippen LogP contribution in [0.15, 0.2) is 42.6 Å². The van der Waals surface area contributed by atoms with Crippen molar-refractivity contribution in [1.29, 1.82) is 5.26 Å². The van der Waals surface area contributed by atoms with E-state index in [-0.39, 0.29) is 35.0 Å². The fourth-order valence-corrected chi connectivity index (χ4v) is 5.94. The molecule has 3 aliphatic rings. The molecule has 2 aromatic rings. The van der Waals surface area contributed by atoms with E-state index in [2.05, 4.69) is 35.0 Å². The Morgan fingerprint density at radius 2 is 1.81 bits per heavy atom. The molecule has 0 spiro atoms. The molecular formula is C29H34ClN5O2. The summed E-state index contributed by atoms with van der Waals surface area (Å²) in [4.78, 5) is 36.9. The van der Waals surface area contributed by atoms with Crippen molar-refractivity contribution in [3.63, 3.8) is 0 Å². The minimum atomic E-state index is -0.152. The Hall–Kier alpha value is -3.11. The van der Waals surface area contributed by atoms with Gasteiger partial charge < -0.3 is 14.7 Å². The highest BCUT2D eigenvalue weighted by Gasteiger charge is 2.48. The SMILES string of the molecule is CN(C[C@@H]1CN(C(=O)C2CCN(C(=O)C3(C)CC3)CC2)C[C@H]1c1ccc(Cl)cc1)c1ccc(C#N)cn1. The summed E-state index contributed by atoms with van der Waals surface area (Å²) in [6, 6.07) is 13.7. The van der Waals surface area contributed by atoms with Gasteiger partial charge in [0, 0.05) is 74.2 Å². The van der Waals surface area contributed by atoms with Gasteiger partial charge in [-0.25, -0.2) is 4.98 Å². The number of aromatic nitrogens is 1. The summed E-state index contributed by atoms with van der Waals surface area (Å²) in [6.07, 6.45) is 5.04. The molecule has 1 aliphatic carbocycles. The average Bonchev–Trinajstić information content (AvgIpc) is 3.55. The van der Waals surface area contributed by atoms with Gasteiger partial charge in [0.05, 0.1) is 5.56 Å². The molecule has 1 aromatic heterocycles. The number of piperidine rings is 1. The lowest BCUT2D eigenvalue weighted by molar-refractivity contribution is -0.142. The zero-order chi connectivity index (χ0) is 26.2. The predicted octanol–water partition coefficient (Wildman–Crippen LogP) is 4.32. The van der Waals surface area contributed by atoms with Crippen molar-refractivity contribution >= 4 is 29.2 Å². The lowest BCUT2D eigenvalue weighted by Crippen LogP contribution is -2.46. The number of benzene rings is 1. The second-order valence-electron chi connectivity index (χ2n) is 11.2. The Kier molecular flexibility index (Phi) is 7.13. The number of hydrogen-bond acceptors (Lipinski definition) is 5. The molecule has 3 fully saturated rings. The van der Waals surface area contributed by atoms with Crippen LogP contribution in [0.1, 0.15) is 49.7 Å². The highest BCUT2D eigenvalue weighted by atomic mass is 35.5. The number of nitrogens with zero attached hydrogens (tertiary/aromatic N) is 5. The van der Waals surface area contributed by atoms with E-state index in [1.54, 1.807) is 12.3 Å². The molecule has 0 bridgehead atoms. The van der Waals surface area contributed by atoms with E-state index in [9.17, 15) is 9.59 Å². The summed E-state index contributed by atoms with van der Waals surface area (Å²) < 4.78 is 0. The molecule has 2 atom stereocenters. The van der Waals surface area contributed by atoms with Crippen molar-refractivity contribution < 1.29 is 9.59 Å². The van der Waals surface area contributed by atoms with Crippen LogP contribution in [0.2, 0.25) is 5.02 Å². The minimum absolute atomic E-state index is 0.0291. The molecule has 1 saturated carbocycles. The van der Waals surface area contributed by atoms with Crippen molar-refractivity contribution in [2.75, 3.05) is 44.7 Å². The largest absolute Gasteiger partial charge is 0.359 e. The number of carbonyl (C=O) groups is 2. The molecule has 8 heteroatoms. The third-order valence-corrected chi connectivity index (χ3v) is 8.73. The maximum Gasteiger partial charge on any atom is 0.228 e. The quantitative estimate of drug-likeness (QED) is 0.567. The van der Waals surface area contributed by atoms with Gasteiger partial charge in [-0.15, -0.1) is 0 Å². The van der Waals surface area contributed by atoms with Crippen molar-refractivity contribution in [2.24, 2.45) is 17.3 Å². The average molecular weight is 520 g/mol. The summed E-state index contributed by atoms with van der Waals surface area (Å²) >= 11 is 6.16. The number of rotatable bonds is 6. The Morgan fingerprint density at radius 3 is 2.41 bits per heavy atom. The van der Waals surface area contributed by atoms with E-state index < -0.39 is 0 Å². The van der Waals surface area contributed by atoms with Crippen molar-refractivity contribution in [2.45, 2.75) is 38.5 Å². The van der Waals surface area contributed by atoms with Gasteiger partial charge in [-0.05, 0) is 55.5 Å². The Morgan fingerprint density at radius 1 is 1.11 bits per heavy atom. The van der Waals surface area contributed by atoms with Gasteiger partial charge >= 0.3 is 0 Å². The van der Waals surface area contributed by atoms with E-state index >= 15 is 0 Å². The van der Waals surface area contributed by atoms with Gasteiger partial charge in [0.1, 0.15) is 11.9 Å². The summed E-state index contributed by atoms with van der Waals surface area (Å²) in [5.41, 5.74) is 1.57. The Bertz CT molecular complexity index is 1180. The van der Waals surface area contributed by atoms with Crippen LogP contribution in [0.3, 0.4) is 0 Å². The third kappa shape index (κ3) is 5.45. The van der Waals surface area contributed by atoms with Crippen LogP contribution in [0.25, 0.3) is 0 Å². The maximum absolute atomic E-state index is 13.6. The van der Waals surface area contributed by atoms with E-state index in [1.807, 2.05) is 35.0 Å². The first-order valence-electron chi connectivity index (χ1n) is 13.2. The fourth-order valence-electron chi connectivity index (χ4n) is 5.82. The molecule has 3 heterocycles. The first kappa shape index (κ1) is 25.5. The van der Waals surface area contributed by atoms with Crippen LogP contribution in [-0.4, -0.2) is 66.4 Å². The molecule has 0 radical (unpaired) electrons.